The van der Waals surface area contributed by atoms with Gasteiger partial charge in [-0.2, -0.15) is 0 Å². The normalized spacial score (nSPS) is 15.9. The molecular formula is C13H16N2O3. The van der Waals surface area contributed by atoms with Crippen LogP contribution in [0.4, 0.5) is 5.69 Å². The van der Waals surface area contributed by atoms with Crippen LogP contribution in [0.15, 0.2) is 24.3 Å². The second-order valence-corrected chi connectivity index (χ2v) is 4.28. The molecule has 0 aromatic heterocycles. The molecule has 0 saturated heterocycles. The number of hydrogen-bond donors (Lipinski definition) is 2. The summed E-state index contributed by atoms with van der Waals surface area (Å²) in [4.78, 5) is 24.8. The molecule has 0 spiro atoms. The van der Waals surface area contributed by atoms with E-state index in [4.69, 9.17) is 5.11 Å². The zero-order chi connectivity index (χ0) is 13.1. The van der Waals surface area contributed by atoms with E-state index in [1.807, 2.05) is 24.3 Å². The lowest BCUT2D eigenvalue weighted by Gasteiger charge is -2.31. The highest BCUT2D eigenvalue weighted by molar-refractivity contribution is 6.09. The first kappa shape index (κ1) is 12.6. The molecule has 0 radical (unpaired) electrons. The van der Waals surface area contributed by atoms with Gasteiger partial charge in [0.25, 0.3) is 5.91 Å². The highest BCUT2D eigenvalue weighted by atomic mass is 16.4. The van der Waals surface area contributed by atoms with Crippen LogP contribution in [-0.2, 0) is 16.0 Å². The summed E-state index contributed by atoms with van der Waals surface area (Å²) in [6, 6.07) is 6.44. The highest BCUT2D eigenvalue weighted by Gasteiger charge is 2.31. The minimum atomic E-state index is -1.18. The van der Waals surface area contributed by atoms with E-state index in [1.54, 1.807) is 4.90 Å². The summed E-state index contributed by atoms with van der Waals surface area (Å²) in [6.45, 7) is 0.571. The van der Waals surface area contributed by atoms with Crippen molar-refractivity contribution < 1.29 is 14.7 Å². The van der Waals surface area contributed by atoms with Gasteiger partial charge < -0.3 is 10.0 Å². The number of rotatable bonds is 3. The van der Waals surface area contributed by atoms with Gasteiger partial charge in [-0.05, 0) is 31.5 Å². The molecule has 96 valence electrons. The summed E-state index contributed by atoms with van der Waals surface area (Å²) in [5.74, 6) is -1.55. The molecule has 1 aliphatic heterocycles. The van der Waals surface area contributed by atoms with Crippen molar-refractivity contribution in [3.8, 4) is 0 Å². The van der Waals surface area contributed by atoms with Crippen molar-refractivity contribution >= 4 is 17.6 Å². The van der Waals surface area contributed by atoms with Gasteiger partial charge in [-0.1, -0.05) is 18.2 Å². The maximum absolute atomic E-state index is 12.2. The predicted molar refractivity (Wildman–Crippen MR) is 67.6 cm³/mol. The molecule has 0 fully saturated rings. The van der Waals surface area contributed by atoms with Crippen molar-refractivity contribution in [2.45, 2.75) is 18.9 Å². The number of nitrogens with zero attached hydrogens (tertiary/aromatic N) is 1. The van der Waals surface area contributed by atoms with Crippen LogP contribution < -0.4 is 10.2 Å². The molecule has 1 amide bonds. The minimum Gasteiger partial charge on any atom is -0.480 e. The minimum absolute atomic E-state index is 0.405. The number of anilines is 1. The quantitative estimate of drug-likeness (QED) is 0.770. The van der Waals surface area contributed by atoms with E-state index in [0.717, 1.165) is 24.1 Å². The van der Waals surface area contributed by atoms with Gasteiger partial charge in [0, 0.05) is 12.2 Å². The molecule has 1 atom stereocenters. The number of nitrogens with one attached hydrogen (secondary N) is 1. The number of amides is 1. The Morgan fingerprint density at radius 2 is 2.11 bits per heavy atom. The molecule has 0 bridgehead atoms. The number of carbonyl (C=O) groups is 2. The van der Waals surface area contributed by atoms with E-state index in [1.165, 1.54) is 7.05 Å². The Hall–Kier alpha value is -1.88. The summed E-state index contributed by atoms with van der Waals surface area (Å²) < 4.78 is 0. The van der Waals surface area contributed by atoms with Crippen molar-refractivity contribution in [1.82, 2.24) is 5.32 Å². The van der Waals surface area contributed by atoms with E-state index in [0.29, 0.717) is 6.54 Å². The van der Waals surface area contributed by atoms with Crippen LogP contribution in [0.3, 0.4) is 0 Å². The summed E-state index contributed by atoms with van der Waals surface area (Å²) in [5, 5.41) is 11.6. The van der Waals surface area contributed by atoms with Crippen LogP contribution in [0.5, 0.6) is 0 Å². The largest absolute Gasteiger partial charge is 0.480 e. The van der Waals surface area contributed by atoms with Crippen LogP contribution in [0.25, 0.3) is 0 Å². The third kappa shape index (κ3) is 2.22. The van der Waals surface area contributed by atoms with Crippen LogP contribution >= 0.6 is 0 Å². The van der Waals surface area contributed by atoms with Crippen molar-refractivity contribution in [3.05, 3.63) is 29.8 Å². The van der Waals surface area contributed by atoms with E-state index >= 15 is 0 Å². The molecule has 1 aliphatic rings. The second-order valence-electron chi connectivity index (χ2n) is 4.28. The van der Waals surface area contributed by atoms with E-state index in [2.05, 4.69) is 5.32 Å². The fourth-order valence-corrected chi connectivity index (χ4v) is 2.27. The van der Waals surface area contributed by atoms with Crippen molar-refractivity contribution in [1.29, 1.82) is 0 Å². The average Bonchev–Trinajstić information content (AvgIpc) is 2.38. The molecule has 2 rings (SSSR count). The monoisotopic (exact) mass is 248 g/mol. The van der Waals surface area contributed by atoms with Gasteiger partial charge in [0.2, 0.25) is 0 Å². The molecule has 5 nitrogen and oxygen atoms in total. The highest BCUT2D eigenvalue weighted by Crippen LogP contribution is 2.27. The lowest BCUT2D eigenvalue weighted by atomic mass is 10.0. The lowest BCUT2D eigenvalue weighted by molar-refractivity contribution is -0.143. The Kier molecular flexibility index (Phi) is 3.62. The van der Waals surface area contributed by atoms with Crippen LogP contribution in [-0.4, -0.2) is 36.6 Å². The maximum Gasteiger partial charge on any atom is 0.330 e. The number of carboxylic acid groups (broad SMARTS) is 1. The molecular weight excluding hydrogens is 232 g/mol. The Morgan fingerprint density at radius 3 is 2.78 bits per heavy atom. The number of para-hydroxylation sites is 1. The van der Waals surface area contributed by atoms with Crippen LogP contribution in [0.1, 0.15) is 12.0 Å². The number of carbonyl (C=O) groups excluding carboxylic acids is 1. The summed E-state index contributed by atoms with van der Waals surface area (Å²) in [5.41, 5.74) is 1.92. The van der Waals surface area contributed by atoms with E-state index in [9.17, 15) is 9.59 Å². The van der Waals surface area contributed by atoms with E-state index in [-0.39, 0.29) is 0 Å². The fraction of sp³-hybridized carbons (Fsp3) is 0.385. The number of hydrogen-bond acceptors (Lipinski definition) is 3. The third-order valence-electron chi connectivity index (χ3n) is 3.16. The maximum atomic E-state index is 12.2. The van der Waals surface area contributed by atoms with Gasteiger partial charge in [-0.15, -0.1) is 0 Å². The molecule has 18 heavy (non-hydrogen) atoms. The van der Waals surface area contributed by atoms with Gasteiger partial charge in [-0.3, -0.25) is 10.1 Å². The summed E-state index contributed by atoms with van der Waals surface area (Å²) in [7, 11) is 1.48. The summed E-state index contributed by atoms with van der Waals surface area (Å²) >= 11 is 0. The van der Waals surface area contributed by atoms with Gasteiger partial charge in [0.1, 0.15) is 0 Å². The first-order valence-corrected chi connectivity index (χ1v) is 5.94. The molecule has 1 heterocycles. The van der Waals surface area contributed by atoms with Crippen LogP contribution in [0.2, 0.25) is 0 Å². The van der Waals surface area contributed by atoms with Gasteiger partial charge in [0.15, 0.2) is 6.04 Å². The standard InChI is InChI=1S/C13H16N2O3/c1-14-11(13(17)18)12(16)15-8-4-6-9-5-2-3-7-10(9)15/h2-3,5,7,11,14H,4,6,8H2,1H3,(H,17,18). The van der Waals surface area contributed by atoms with Crippen LogP contribution in [0, 0.1) is 0 Å². The van der Waals surface area contributed by atoms with Crippen molar-refractivity contribution in [2.75, 3.05) is 18.5 Å². The summed E-state index contributed by atoms with van der Waals surface area (Å²) in [6.07, 6.45) is 1.79. The van der Waals surface area contributed by atoms with E-state index < -0.39 is 17.9 Å². The zero-order valence-corrected chi connectivity index (χ0v) is 10.2. The smallest absolute Gasteiger partial charge is 0.330 e. The first-order chi connectivity index (χ1) is 8.65. The number of aryl methyl sites for hydroxylation is 1. The molecule has 1 aromatic carbocycles. The Bertz CT molecular complexity index is 473. The molecule has 1 unspecified atom stereocenters. The Labute approximate surface area is 105 Å². The number of aliphatic carboxylic acids is 1. The Balaban J connectivity index is 2.30. The second kappa shape index (κ2) is 5.18. The molecule has 1 aromatic rings. The third-order valence-corrected chi connectivity index (χ3v) is 3.16. The lowest BCUT2D eigenvalue weighted by Crippen LogP contribution is -2.51. The molecule has 5 heteroatoms. The first-order valence-electron chi connectivity index (χ1n) is 5.94. The zero-order valence-electron chi connectivity index (χ0n) is 10.2. The molecule has 2 N–H and O–H groups in total. The SMILES string of the molecule is CNC(C(=O)O)C(=O)N1CCCc2ccccc21. The Morgan fingerprint density at radius 1 is 1.39 bits per heavy atom. The molecule has 0 aliphatic carbocycles. The number of fused-ring (bicyclic) bond motifs is 1. The van der Waals surface area contributed by atoms with Gasteiger partial charge in [-0.25, -0.2) is 4.79 Å². The molecule has 0 saturated carbocycles. The predicted octanol–water partition coefficient (Wildman–Crippen LogP) is 0.638. The van der Waals surface area contributed by atoms with Crippen molar-refractivity contribution in [3.63, 3.8) is 0 Å². The average molecular weight is 248 g/mol. The van der Waals surface area contributed by atoms with Gasteiger partial charge >= 0.3 is 5.97 Å². The van der Waals surface area contributed by atoms with Crippen molar-refractivity contribution in [2.24, 2.45) is 0 Å². The fourth-order valence-electron chi connectivity index (χ4n) is 2.27. The number of likely N-dealkylation sites (N-methyl/N-ethyl adjacent to an activating group) is 1. The topological polar surface area (TPSA) is 69.6 Å². The number of carboxylic acids is 1. The van der Waals surface area contributed by atoms with Gasteiger partial charge in [0.05, 0.1) is 0 Å². The number of benzene rings is 1.